The van der Waals surface area contributed by atoms with Crippen LogP contribution < -0.4 is 11.5 Å². The maximum absolute atomic E-state index is 11.1. The summed E-state index contributed by atoms with van der Waals surface area (Å²) in [5.74, 6) is 0.0367. The number of carbonyl (C=O) groups excluding carboxylic acids is 1. The number of nitrogens with two attached hydrogens (primary N) is 2. The van der Waals surface area contributed by atoms with Gasteiger partial charge in [-0.3, -0.25) is 4.79 Å². The Labute approximate surface area is 97.8 Å². The molecule has 0 spiro atoms. The molecule has 0 radical (unpaired) electrons. The van der Waals surface area contributed by atoms with E-state index in [1.807, 2.05) is 6.07 Å². The maximum Gasteiger partial charge on any atom is 0.269 e. The highest BCUT2D eigenvalue weighted by molar-refractivity contribution is 8.00. The van der Waals surface area contributed by atoms with Crippen molar-refractivity contribution < 1.29 is 4.79 Å². The Balaban J connectivity index is 2.09. The molecule has 4 nitrogen and oxygen atoms in total. The van der Waals surface area contributed by atoms with Gasteiger partial charge in [0.25, 0.3) is 5.91 Å². The van der Waals surface area contributed by atoms with Gasteiger partial charge in [-0.05, 0) is 30.4 Å². The number of aromatic nitrogens is 1. The summed E-state index contributed by atoms with van der Waals surface area (Å²) in [5.41, 5.74) is 12.9. The number of thioether (sulfide) groups is 1. The van der Waals surface area contributed by atoms with Crippen LogP contribution in [0.3, 0.4) is 0 Å². The van der Waals surface area contributed by atoms with Crippen LogP contribution in [0.4, 0.5) is 5.69 Å². The van der Waals surface area contributed by atoms with E-state index in [9.17, 15) is 4.79 Å². The zero-order valence-electron chi connectivity index (χ0n) is 8.77. The van der Waals surface area contributed by atoms with Crippen molar-refractivity contribution in [3.63, 3.8) is 0 Å². The first kappa shape index (κ1) is 9.96. The summed E-state index contributed by atoms with van der Waals surface area (Å²) in [6, 6.07) is 1.89. The number of hydrogen-bond acceptors (Lipinski definition) is 4. The summed E-state index contributed by atoms with van der Waals surface area (Å²) in [5, 5.41) is 1.59. The molecule has 0 bridgehead atoms. The van der Waals surface area contributed by atoms with E-state index in [0.29, 0.717) is 16.9 Å². The predicted octanol–water partition coefficient (Wildman–Crippen LogP) is 1.50. The van der Waals surface area contributed by atoms with E-state index in [4.69, 9.17) is 11.5 Å². The molecule has 1 aromatic heterocycles. The highest BCUT2D eigenvalue weighted by atomic mass is 32.2. The molecule has 3 rings (SSSR count). The van der Waals surface area contributed by atoms with Crippen molar-refractivity contribution in [1.82, 2.24) is 4.98 Å². The van der Waals surface area contributed by atoms with Gasteiger partial charge < -0.3 is 11.5 Å². The Morgan fingerprint density at radius 1 is 1.50 bits per heavy atom. The molecule has 2 unspecified atom stereocenters. The van der Waals surface area contributed by atoms with E-state index >= 15 is 0 Å². The second-order valence-electron chi connectivity index (χ2n) is 4.38. The van der Waals surface area contributed by atoms with E-state index in [1.54, 1.807) is 11.8 Å². The standard InChI is InChI=1S/C11H13N3OS/c12-7-4-6-5-2-1-3-8(5)16-11(6)14-9(7)10(13)15/h4-5,8H,1-3,12H2,(H2,13,15). The largest absolute Gasteiger partial charge is 0.397 e. The first-order valence-corrected chi connectivity index (χ1v) is 6.31. The topological polar surface area (TPSA) is 82.0 Å². The molecule has 1 fully saturated rings. The van der Waals surface area contributed by atoms with Crippen molar-refractivity contribution >= 4 is 23.4 Å². The van der Waals surface area contributed by atoms with Crippen molar-refractivity contribution in [2.75, 3.05) is 5.73 Å². The van der Waals surface area contributed by atoms with E-state index in [0.717, 1.165) is 5.03 Å². The number of rotatable bonds is 1. The molecule has 1 aromatic rings. The normalized spacial score (nSPS) is 26.5. The van der Waals surface area contributed by atoms with Gasteiger partial charge in [0.15, 0.2) is 5.69 Å². The van der Waals surface area contributed by atoms with Gasteiger partial charge in [-0.15, -0.1) is 11.8 Å². The molecule has 1 amide bonds. The molecule has 0 aromatic carbocycles. The van der Waals surface area contributed by atoms with Crippen molar-refractivity contribution in [3.05, 3.63) is 17.3 Å². The molecule has 16 heavy (non-hydrogen) atoms. The molecular weight excluding hydrogens is 222 g/mol. The van der Waals surface area contributed by atoms with Crippen LogP contribution in [0.15, 0.2) is 11.1 Å². The molecule has 5 heteroatoms. The molecule has 1 aliphatic heterocycles. The summed E-state index contributed by atoms with van der Waals surface area (Å²) in [7, 11) is 0. The summed E-state index contributed by atoms with van der Waals surface area (Å²) >= 11 is 1.77. The molecular formula is C11H13N3OS. The molecule has 2 atom stereocenters. The Kier molecular flexibility index (Phi) is 2.10. The fourth-order valence-electron chi connectivity index (χ4n) is 2.65. The number of hydrogen-bond donors (Lipinski definition) is 2. The number of fused-ring (bicyclic) bond motifs is 3. The van der Waals surface area contributed by atoms with Gasteiger partial charge in [-0.2, -0.15) is 0 Å². The van der Waals surface area contributed by atoms with Crippen LogP contribution in [-0.4, -0.2) is 16.1 Å². The Morgan fingerprint density at radius 2 is 2.31 bits per heavy atom. The minimum Gasteiger partial charge on any atom is -0.397 e. The average Bonchev–Trinajstić information content (AvgIpc) is 2.77. The van der Waals surface area contributed by atoms with E-state index in [1.165, 1.54) is 24.8 Å². The van der Waals surface area contributed by atoms with E-state index in [2.05, 4.69) is 4.98 Å². The SMILES string of the molecule is NC(=O)c1nc2c(cc1N)C1CCCC1S2. The van der Waals surface area contributed by atoms with E-state index < -0.39 is 5.91 Å². The zero-order valence-corrected chi connectivity index (χ0v) is 9.59. The molecule has 1 aliphatic carbocycles. The summed E-state index contributed by atoms with van der Waals surface area (Å²) in [4.78, 5) is 15.4. The lowest BCUT2D eigenvalue weighted by Crippen LogP contribution is -2.16. The van der Waals surface area contributed by atoms with Crippen LogP contribution in [0.2, 0.25) is 0 Å². The van der Waals surface area contributed by atoms with Gasteiger partial charge in [0.05, 0.1) is 5.69 Å². The number of anilines is 1. The van der Waals surface area contributed by atoms with Crippen molar-refractivity contribution in [3.8, 4) is 0 Å². The van der Waals surface area contributed by atoms with E-state index in [-0.39, 0.29) is 5.69 Å². The highest BCUT2D eigenvalue weighted by Gasteiger charge is 2.38. The number of amides is 1. The molecule has 84 valence electrons. The van der Waals surface area contributed by atoms with Crippen LogP contribution in [0.25, 0.3) is 0 Å². The van der Waals surface area contributed by atoms with Crippen molar-refractivity contribution in [2.45, 2.75) is 35.5 Å². The number of carbonyl (C=O) groups is 1. The third-order valence-corrected chi connectivity index (χ3v) is 4.81. The molecule has 2 heterocycles. The van der Waals surface area contributed by atoms with Gasteiger partial charge in [0.1, 0.15) is 5.03 Å². The number of pyridine rings is 1. The van der Waals surface area contributed by atoms with Gasteiger partial charge in [0.2, 0.25) is 0 Å². The second-order valence-corrected chi connectivity index (χ2v) is 5.61. The third kappa shape index (κ3) is 1.31. The highest BCUT2D eigenvalue weighted by Crippen LogP contribution is 2.53. The fourth-order valence-corrected chi connectivity index (χ4v) is 4.16. The number of nitrogen functional groups attached to an aromatic ring is 1. The quantitative estimate of drug-likeness (QED) is 0.773. The van der Waals surface area contributed by atoms with Crippen molar-refractivity contribution in [1.29, 1.82) is 0 Å². The average molecular weight is 235 g/mol. The van der Waals surface area contributed by atoms with Gasteiger partial charge in [0, 0.05) is 5.25 Å². The maximum atomic E-state index is 11.1. The first-order chi connectivity index (χ1) is 7.66. The monoisotopic (exact) mass is 235 g/mol. The molecule has 0 saturated heterocycles. The third-order valence-electron chi connectivity index (χ3n) is 3.39. The lowest BCUT2D eigenvalue weighted by molar-refractivity contribution is 0.0996. The molecule has 4 N–H and O–H groups in total. The smallest absolute Gasteiger partial charge is 0.269 e. The number of primary amides is 1. The Bertz CT molecular complexity index is 475. The van der Waals surface area contributed by atoms with Gasteiger partial charge in [-0.25, -0.2) is 4.98 Å². The summed E-state index contributed by atoms with van der Waals surface area (Å²) < 4.78 is 0. The lowest BCUT2D eigenvalue weighted by Gasteiger charge is -2.09. The molecule has 2 aliphatic rings. The predicted molar refractivity (Wildman–Crippen MR) is 63.4 cm³/mol. The Hall–Kier alpha value is -1.23. The van der Waals surface area contributed by atoms with Crippen LogP contribution in [0.1, 0.15) is 41.2 Å². The second kappa shape index (κ2) is 3.38. The Morgan fingerprint density at radius 3 is 3.06 bits per heavy atom. The fraction of sp³-hybridized carbons (Fsp3) is 0.455. The van der Waals surface area contributed by atoms with Crippen LogP contribution >= 0.6 is 11.8 Å². The summed E-state index contributed by atoms with van der Waals surface area (Å²) in [6.07, 6.45) is 3.72. The minimum atomic E-state index is -0.544. The van der Waals surface area contributed by atoms with Crippen LogP contribution in [0.5, 0.6) is 0 Å². The van der Waals surface area contributed by atoms with Crippen LogP contribution in [-0.2, 0) is 0 Å². The summed E-state index contributed by atoms with van der Waals surface area (Å²) in [6.45, 7) is 0. The molecule has 1 saturated carbocycles. The minimum absolute atomic E-state index is 0.214. The van der Waals surface area contributed by atoms with Gasteiger partial charge >= 0.3 is 0 Å². The van der Waals surface area contributed by atoms with Crippen molar-refractivity contribution in [2.24, 2.45) is 5.73 Å². The lowest BCUT2D eigenvalue weighted by atomic mass is 9.99. The number of nitrogens with zero attached hydrogens (tertiary/aromatic N) is 1. The van der Waals surface area contributed by atoms with Gasteiger partial charge in [-0.1, -0.05) is 6.42 Å². The first-order valence-electron chi connectivity index (χ1n) is 5.43. The zero-order chi connectivity index (χ0) is 11.3. The van der Waals surface area contributed by atoms with Crippen LogP contribution in [0, 0.1) is 0 Å².